The van der Waals surface area contributed by atoms with E-state index in [4.69, 9.17) is 4.42 Å². The van der Waals surface area contributed by atoms with Crippen LogP contribution in [0, 0.1) is 6.92 Å². The summed E-state index contributed by atoms with van der Waals surface area (Å²) >= 11 is 0. The molecule has 0 saturated carbocycles. The zero-order chi connectivity index (χ0) is 18.6. The molecule has 6 nitrogen and oxygen atoms in total. The number of nitrogens with zero attached hydrogens (tertiary/aromatic N) is 3. The van der Waals surface area contributed by atoms with Gasteiger partial charge in [0.2, 0.25) is 11.8 Å². The maximum Gasteiger partial charge on any atom is 0.322 e. The highest BCUT2D eigenvalue weighted by Gasteiger charge is 2.27. The number of anilines is 1. The standard InChI is InChI=1S/C21H22N4O2/c1-15-9-11-16(12-10-15)18-8-5-13-25(18)14-19(26)22-21-24-23-20(27-21)17-6-3-2-4-7-17/h2-4,6-7,9-12,18H,5,8,13-14H2,1H3,(H,22,24,26)/t18-/m0/s1. The van der Waals surface area contributed by atoms with Crippen molar-refractivity contribution in [2.75, 3.05) is 18.4 Å². The predicted octanol–water partition coefficient (Wildman–Crippen LogP) is 3.82. The summed E-state index contributed by atoms with van der Waals surface area (Å²) in [6.07, 6.45) is 2.15. The van der Waals surface area contributed by atoms with Crippen LogP contribution in [-0.4, -0.2) is 34.1 Å². The molecule has 2 aromatic carbocycles. The van der Waals surface area contributed by atoms with Gasteiger partial charge in [0.05, 0.1) is 6.54 Å². The molecular weight excluding hydrogens is 340 g/mol. The quantitative estimate of drug-likeness (QED) is 0.747. The number of amides is 1. The number of hydrogen-bond acceptors (Lipinski definition) is 5. The molecule has 1 fully saturated rings. The molecule has 27 heavy (non-hydrogen) atoms. The van der Waals surface area contributed by atoms with Gasteiger partial charge in [0.1, 0.15) is 0 Å². The molecule has 1 N–H and O–H groups in total. The molecule has 3 aromatic rings. The van der Waals surface area contributed by atoms with Crippen LogP contribution >= 0.6 is 0 Å². The van der Waals surface area contributed by atoms with Crippen molar-refractivity contribution in [1.82, 2.24) is 15.1 Å². The first kappa shape index (κ1) is 17.4. The Bertz CT molecular complexity index is 905. The van der Waals surface area contributed by atoms with E-state index in [2.05, 4.69) is 51.6 Å². The highest BCUT2D eigenvalue weighted by molar-refractivity contribution is 5.90. The van der Waals surface area contributed by atoms with E-state index in [0.717, 1.165) is 24.9 Å². The lowest BCUT2D eigenvalue weighted by atomic mass is 10.0. The molecule has 0 unspecified atom stereocenters. The summed E-state index contributed by atoms with van der Waals surface area (Å²) < 4.78 is 5.56. The van der Waals surface area contributed by atoms with Crippen molar-refractivity contribution in [3.05, 3.63) is 65.7 Å². The molecular formula is C21H22N4O2. The van der Waals surface area contributed by atoms with Gasteiger partial charge in [0.15, 0.2) is 0 Å². The van der Waals surface area contributed by atoms with Crippen molar-refractivity contribution in [2.24, 2.45) is 0 Å². The summed E-state index contributed by atoms with van der Waals surface area (Å²) in [6, 6.07) is 18.4. The van der Waals surface area contributed by atoms with Gasteiger partial charge >= 0.3 is 6.01 Å². The third kappa shape index (κ3) is 4.06. The van der Waals surface area contributed by atoms with Gasteiger partial charge in [-0.25, -0.2) is 0 Å². The van der Waals surface area contributed by atoms with Crippen LogP contribution in [0.3, 0.4) is 0 Å². The van der Waals surface area contributed by atoms with Crippen LogP contribution in [-0.2, 0) is 4.79 Å². The first-order valence-corrected chi connectivity index (χ1v) is 9.18. The summed E-state index contributed by atoms with van der Waals surface area (Å²) in [5, 5.41) is 10.6. The highest BCUT2D eigenvalue weighted by atomic mass is 16.4. The second kappa shape index (κ2) is 7.72. The molecule has 2 heterocycles. The van der Waals surface area contributed by atoms with Gasteiger partial charge in [0.25, 0.3) is 0 Å². The summed E-state index contributed by atoms with van der Waals surface area (Å²) in [6.45, 7) is 3.30. The van der Waals surface area contributed by atoms with Gasteiger partial charge in [0, 0.05) is 11.6 Å². The van der Waals surface area contributed by atoms with Crippen LogP contribution in [0.4, 0.5) is 6.01 Å². The van der Waals surface area contributed by atoms with E-state index in [0.29, 0.717) is 12.4 Å². The minimum absolute atomic E-state index is 0.130. The maximum atomic E-state index is 12.5. The third-order valence-corrected chi connectivity index (χ3v) is 4.86. The second-order valence-corrected chi connectivity index (χ2v) is 6.87. The molecule has 1 aliphatic heterocycles. The number of benzene rings is 2. The molecule has 1 atom stereocenters. The van der Waals surface area contributed by atoms with Crippen LogP contribution in [0.1, 0.15) is 30.0 Å². The van der Waals surface area contributed by atoms with Crippen LogP contribution < -0.4 is 5.32 Å². The van der Waals surface area contributed by atoms with Gasteiger partial charge in [-0.05, 0) is 44.0 Å². The first-order valence-electron chi connectivity index (χ1n) is 9.18. The van der Waals surface area contributed by atoms with E-state index >= 15 is 0 Å². The van der Waals surface area contributed by atoms with Crippen LogP contribution in [0.2, 0.25) is 0 Å². The fourth-order valence-electron chi connectivity index (χ4n) is 3.50. The van der Waals surface area contributed by atoms with Crippen LogP contribution in [0.5, 0.6) is 0 Å². The second-order valence-electron chi connectivity index (χ2n) is 6.87. The fraction of sp³-hybridized carbons (Fsp3) is 0.286. The lowest BCUT2D eigenvalue weighted by Crippen LogP contribution is -2.33. The largest absolute Gasteiger partial charge is 0.403 e. The molecule has 0 aliphatic carbocycles. The molecule has 0 spiro atoms. The molecule has 4 rings (SSSR count). The highest BCUT2D eigenvalue weighted by Crippen LogP contribution is 2.31. The summed E-state index contributed by atoms with van der Waals surface area (Å²) in [4.78, 5) is 14.7. The monoisotopic (exact) mass is 362 g/mol. The smallest absolute Gasteiger partial charge is 0.322 e. The SMILES string of the molecule is Cc1ccc([C@@H]2CCCN2CC(=O)Nc2nnc(-c3ccccc3)o2)cc1. The van der Waals surface area contributed by atoms with E-state index in [1.807, 2.05) is 30.3 Å². The number of nitrogens with one attached hydrogen (secondary N) is 1. The predicted molar refractivity (Wildman–Crippen MR) is 103 cm³/mol. The summed E-state index contributed by atoms with van der Waals surface area (Å²) in [5.41, 5.74) is 3.33. The van der Waals surface area contributed by atoms with Crippen molar-refractivity contribution in [3.63, 3.8) is 0 Å². The van der Waals surface area contributed by atoms with E-state index in [1.165, 1.54) is 11.1 Å². The molecule has 1 amide bonds. The number of rotatable bonds is 5. The lowest BCUT2D eigenvalue weighted by Gasteiger charge is -2.24. The zero-order valence-corrected chi connectivity index (χ0v) is 15.3. The Morgan fingerprint density at radius 2 is 1.93 bits per heavy atom. The van der Waals surface area contributed by atoms with E-state index in [1.54, 1.807) is 0 Å². The Morgan fingerprint density at radius 3 is 2.70 bits per heavy atom. The van der Waals surface area contributed by atoms with Crippen LogP contribution in [0.25, 0.3) is 11.5 Å². The number of aromatic nitrogens is 2. The molecule has 1 aliphatic rings. The zero-order valence-electron chi connectivity index (χ0n) is 15.3. The van der Waals surface area contributed by atoms with Gasteiger partial charge in [-0.2, -0.15) is 0 Å². The summed E-state index contributed by atoms with van der Waals surface area (Å²) in [5.74, 6) is 0.252. The molecule has 0 radical (unpaired) electrons. The van der Waals surface area contributed by atoms with E-state index in [-0.39, 0.29) is 18.0 Å². The Balaban J connectivity index is 1.39. The fourth-order valence-corrected chi connectivity index (χ4v) is 3.50. The molecule has 1 saturated heterocycles. The van der Waals surface area contributed by atoms with Gasteiger partial charge < -0.3 is 4.42 Å². The normalized spacial score (nSPS) is 17.1. The van der Waals surface area contributed by atoms with Gasteiger partial charge in [-0.15, -0.1) is 5.10 Å². The minimum Gasteiger partial charge on any atom is -0.403 e. The molecule has 6 heteroatoms. The van der Waals surface area contributed by atoms with Gasteiger partial charge in [-0.1, -0.05) is 53.1 Å². The average Bonchev–Trinajstić information content (AvgIpc) is 3.33. The van der Waals surface area contributed by atoms with E-state index in [9.17, 15) is 4.79 Å². The third-order valence-electron chi connectivity index (χ3n) is 4.86. The minimum atomic E-state index is -0.141. The van der Waals surface area contributed by atoms with Crippen molar-refractivity contribution in [2.45, 2.75) is 25.8 Å². The maximum absolute atomic E-state index is 12.5. The lowest BCUT2D eigenvalue weighted by molar-refractivity contribution is -0.117. The summed E-state index contributed by atoms with van der Waals surface area (Å²) in [7, 11) is 0. The van der Waals surface area contributed by atoms with E-state index < -0.39 is 0 Å². The number of hydrogen-bond donors (Lipinski definition) is 1. The van der Waals surface area contributed by atoms with Crippen molar-refractivity contribution in [3.8, 4) is 11.5 Å². The first-order chi connectivity index (χ1) is 13.2. The average molecular weight is 362 g/mol. The van der Waals surface area contributed by atoms with Crippen LogP contribution in [0.15, 0.2) is 59.0 Å². The number of likely N-dealkylation sites (tertiary alicyclic amines) is 1. The molecule has 1 aromatic heterocycles. The number of aryl methyl sites for hydroxylation is 1. The Labute approximate surface area is 158 Å². The molecule has 138 valence electrons. The molecule has 0 bridgehead atoms. The number of carbonyl (C=O) groups is 1. The van der Waals surface area contributed by atoms with Crippen molar-refractivity contribution >= 4 is 11.9 Å². The number of carbonyl (C=O) groups excluding carboxylic acids is 1. The van der Waals surface area contributed by atoms with Crippen molar-refractivity contribution in [1.29, 1.82) is 0 Å². The van der Waals surface area contributed by atoms with Crippen molar-refractivity contribution < 1.29 is 9.21 Å². The Hall–Kier alpha value is -2.99. The Kier molecular flexibility index (Phi) is 4.98. The Morgan fingerprint density at radius 1 is 1.15 bits per heavy atom. The van der Waals surface area contributed by atoms with Gasteiger partial charge in [-0.3, -0.25) is 15.0 Å². The topological polar surface area (TPSA) is 71.3 Å².